The molecule has 3 heterocycles. The molecule has 8 nitrogen and oxygen atoms in total. The lowest BCUT2D eigenvalue weighted by molar-refractivity contribution is 0.478. The Morgan fingerprint density at radius 1 is 1.07 bits per heavy atom. The van der Waals surface area contributed by atoms with Gasteiger partial charge in [0.25, 0.3) is 0 Å². The van der Waals surface area contributed by atoms with Gasteiger partial charge in [-0.05, 0) is 37.5 Å². The van der Waals surface area contributed by atoms with Crippen molar-refractivity contribution in [1.82, 2.24) is 20.2 Å². The first-order valence-corrected chi connectivity index (χ1v) is 10.1. The van der Waals surface area contributed by atoms with E-state index in [0.29, 0.717) is 35.0 Å². The molecule has 3 aromatic rings. The van der Waals surface area contributed by atoms with Crippen LogP contribution in [0.3, 0.4) is 0 Å². The van der Waals surface area contributed by atoms with Crippen molar-refractivity contribution >= 4 is 17.4 Å². The average Bonchev–Trinajstić information content (AvgIpc) is 2.81. The van der Waals surface area contributed by atoms with Crippen LogP contribution in [0, 0.1) is 11.3 Å². The van der Waals surface area contributed by atoms with E-state index in [4.69, 9.17) is 22.1 Å². The number of rotatable bonds is 5. The third kappa shape index (κ3) is 4.32. The van der Waals surface area contributed by atoms with E-state index in [-0.39, 0.29) is 5.15 Å². The van der Waals surface area contributed by atoms with Crippen LogP contribution in [-0.4, -0.2) is 33.3 Å². The number of anilines is 1. The minimum atomic E-state index is 0.142. The molecular formula is C21H20ClN7O. The van der Waals surface area contributed by atoms with Crippen LogP contribution in [0.5, 0.6) is 11.5 Å². The van der Waals surface area contributed by atoms with Crippen LogP contribution >= 0.6 is 11.6 Å². The van der Waals surface area contributed by atoms with Crippen molar-refractivity contribution < 1.29 is 4.74 Å². The Kier molecular flexibility index (Phi) is 6.02. The van der Waals surface area contributed by atoms with Crippen LogP contribution in [0.15, 0.2) is 36.7 Å². The maximum atomic E-state index is 9.32. The van der Waals surface area contributed by atoms with Gasteiger partial charge in [0.1, 0.15) is 5.75 Å². The van der Waals surface area contributed by atoms with E-state index in [0.717, 1.165) is 37.3 Å². The van der Waals surface area contributed by atoms with Crippen molar-refractivity contribution in [1.29, 1.82) is 5.26 Å². The molecule has 4 rings (SSSR count). The van der Waals surface area contributed by atoms with Gasteiger partial charge in [0.05, 0.1) is 17.2 Å². The predicted octanol–water partition coefficient (Wildman–Crippen LogP) is 3.70. The lowest BCUT2D eigenvalue weighted by Crippen LogP contribution is -2.30. The Morgan fingerprint density at radius 3 is 2.53 bits per heavy atom. The molecule has 0 amide bonds. The average molecular weight is 422 g/mol. The van der Waals surface area contributed by atoms with Crippen molar-refractivity contribution in [2.45, 2.75) is 25.8 Å². The highest BCUT2D eigenvalue weighted by Crippen LogP contribution is 2.36. The molecule has 1 fully saturated rings. The summed E-state index contributed by atoms with van der Waals surface area (Å²) in [5.74, 6) is 1.95. The second-order valence-corrected chi connectivity index (χ2v) is 7.31. The molecule has 2 aromatic heterocycles. The summed E-state index contributed by atoms with van der Waals surface area (Å²) in [7, 11) is 0. The number of ether oxygens (including phenoxy) is 1. The fourth-order valence-electron chi connectivity index (χ4n) is 3.28. The van der Waals surface area contributed by atoms with Crippen LogP contribution in [-0.2, 0) is 6.54 Å². The third-order valence-electron chi connectivity index (χ3n) is 4.90. The SMILES string of the molecule is N#Cc1ccc(-c2ncc(CN)cn2)c(Oc2cc(N3CCCCC3)nnc2Cl)c1. The highest BCUT2D eigenvalue weighted by atomic mass is 35.5. The van der Waals surface area contributed by atoms with Crippen molar-refractivity contribution in [3.05, 3.63) is 52.9 Å². The van der Waals surface area contributed by atoms with Gasteiger partial charge in [0.15, 0.2) is 22.5 Å². The number of benzene rings is 1. The summed E-state index contributed by atoms with van der Waals surface area (Å²) in [5.41, 5.74) is 7.53. The van der Waals surface area contributed by atoms with Crippen molar-refractivity contribution in [3.63, 3.8) is 0 Å². The number of hydrogen-bond donors (Lipinski definition) is 1. The Balaban J connectivity index is 1.70. The van der Waals surface area contributed by atoms with E-state index in [9.17, 15) is 5.26 Å². The molecule has 1 saturated heterocycles. The molecule has 1 aromatic carbocycles. The number of halogens is 1. The summed E-state index contributed by atoms with van der Waals surface area (Å²) >= 11 is 6.27. The zero-order valence-corrected chi connectivity index (χ0v) is 17.0. The number of aromatic nitrogens is 4. The topological polar surface area (TPSA) is 114 Å². The van der Waals surface area contributed by atoms with Gasteiger partial charge >= 0.3 is 0 Å². The zero-order valence-electron chi connectivity index (χ0n) is 16.3. The minimum Gasteiger partial charge on any atom is -0.453 e. The molecule has 152 valence electrons. The van der Waals surface area contributed by atoms with E-state index in [1.54, 1.807) is 36.7 Å². The smallest absolute Gasteiger partial charge is 0.194 e. The molecule has 1 aliphatic heterocycles. The van der Waals surface area contributed by atoms with Crippen molar-refractivity contribution in [3.8, 4) is 29.0 Å². The van der Waals surface area contributed by atoms with E-state index >= 15 is 0 Å². The van der Waals surface area contributed by atoms with Gasteiger partial charge in [-0.15, -0.1) is 10.2 Å². The summed E-state index contributed by atoms with van der Waals surface area (Å²) in [6.45, 7) is 2.20. The van der Waals surface area contributed by atoms with Crippen molar-refractivity contribution in [2.24, 2.45) is 5.73 Å². The summed E-state index contributed by atoms with van der Waals surface area (Å²) in [6.07, 6.45) is 6.78. The van der Waals surface area contributed by atoms with Gasteiger partial charge in [-0.2, -0.15) is 5.26 Å². The normalized spacial score (nSPS) is 13.7. The first-order valence-electron chi connectivity index (χ1n) is 9.69. The van der Waals surface area contributed by atoms with Crippen molar-refractivity contribution in [2.75, 3.05) is 18.0 Å². The van der Waals surface area contributed by atoms with Gasteiger partial charge in [0, 0.05) is 43.7 Å². The molecule has 0 spiro atoms. The fraction of sp³-hybridized carbons (Fsp3) is 0.286. The van der Waals surface area contributed by atoms with Gasteiger partial charge in [-0.3, -0.25) is 0 Å². The maximum absolute atomic E-state index is 9.32. The lowest BCUT2D eigenvalue weighted by Gasteiger charge is -2.27. The zero-order chi connectivity index (χ0) is 20.9. The second kappa shape index (κ2) is 9.03. The van der Waals surface area contributed by atoms with Crippen LogP contribution in [0.4, 0.5) is 5.82 Å². The third-order valence-corrected chi connectivity index (χ3v) is 5.16. The standard InChI is InChI=1S/C21H20ClN7O/c22-20-18(9-19(27-28-20)29-6-2-1-3-7-29)30-17-8-14(10-23)4-5-16(17)21-25-12-15(11-24)13-26-21/h4-5,8-9,12-13H,1-3,6-7,11,24H2. The molecule has 0 unspecified atom stereocenters. The monoisotopic (exact) mass is 421 g/mol. The van der Waals surface area contributed by atoms with Crippen LogP contribution < -0.4 is 15.4 Å². The Morgan fingerprint density at radius 2 is 1.83 bits per heavy atom. The molecule has 0 atom stereocenters. The molecule has 30 heavy (non-hydrogen) atoms. The molecule has 9 heteroatoms. The largest absolute Gasteiger partial charge is 0.453 e. The molecule has 0 bridgehead atoms. The highest BCUT2D eigenvalue weighted by Gasteiger charge is 2.18. The number of piperidine rings is 1. The summed E-state index contributed by atoms with van der Waals surface area (Å²) in [6, 6.07) is 8.97. The quantitative estimate of drug-likeness (QED) is 0.663. The Labute approximate surface area is 179 Å². The van der Waals surface area contributed by atoms with Crippen LogP contribution in [0.25, 0.3) is 11.4 Å². The summed E-state index contributed by atoms with van der Waals surface area (Å²) in [5, 5.41) is 17.7. The van der Waals surface area contributed by atoms with Gasteiger partial charge in [-0.25, -0.2) is 9.97 Å². The summed E-state index contributed by atoms with van der Waals surface area (Å²) < 4.78 is 6.11. The van der Waals surface area contributed by atoms with Crippen LogP contribution in [0.1, 0.15) is 30.4 Å². The van der Waals surface area contributed by atoms with Gasteiger partial charge in [-0.1, -0.05) is 11.6 Å². The molecular weight excluding hydrogens is 402 g/mol. The van der Waals surface area contributed by atoms with Gasteiger partial charge in [0.2, 0.25) is 0 Å². The maximum Gasteiger partial charge on any atom is 0.194 e. The number of nitrogens with zero attached hydrogens (tertiary/aromatic N) is 6. The Hall–Kier alpha value is -3.28. The highest BCUT2D eigenvalue weighted by molar-refractivity contribution is 6.30. The first-order chi connectivity index (χ1) is 14.7. The number of nitrogens with two attached hydrogens (primary N) is 1. The molecule has 1 aliphatic rings. The number of nitriles is 1. The lowest BCUT2D eigenvalue weighted by atomic mass is 10.1. The molecule has 0 aliphatic carbocycles. The second-order valence-electron chi connectivity index (χ2n) is 6.95. The number of hydrogen-bond acceptors (Lipinski definition) is 8. The Bertz CT molecular complexity index is 1080. The minimum absolute atomic E-state index is 0.142. The van der Waals surface area contributed by atoms with E-state index in [1.807, 2.05) is 0 Å². The molecule has 0 saturated carbocycles. The first kappa shape index (κ1) is 20.0. The van der Waals surface area contributed by atoms with E-state index in [1.165, 1.54) is 6.42 Å². The van der Waals surface area contributed by atoms with Gasteiger partial charge < -0.3 is 15.4 Å². The summed E-state index contributed by atoms with van der Waals surface area (Å²) in [4.78, 5) is 10.9. The van der Waals surface area contributed by atoms with E-state index in [2.05, 4.69) is 31.1 Å². The van der Waals surface area contributed by atoms with Crippen LogP contribution in [0.2, 0.25) is 5.15 Å². The predicted molar refractivity (Wildman–Crippen MR) is 113 cm³/mol. The molecule has 0 radical (unpaired) electrons. The van der Waals surface area contributed by atoms with E-state index < -0.39 is 0 Å². The fourth-order valence-corrected chi connectivity index (χ4v) is 3.41. The molecule has 2 N–H and O–H groups in total.